The van der Waals surface area contributed by atoms with Gasteiger partial charge in [-0.25, -0.2) is 4.39 Å². The van der Waals surface area contributed by atoms with Gasteiger partial charge >= 0.3 is 0 Å². The lowest BCUT2D eigenvalue weighted by Crippen LogP contribution is -1.96. The van der Waals surface area contributed by atoms with Crippen LogP contribution < -0.4 is 0 Å². The van der Waals surface area contributed by atoms with Gasteiger partial charge in [-0.15, -0.1) is 0 Å². The zero-order chi connectivity index (χ0) is 12.4. The molecule has 0 N–H and O–H groups in total. The molecule has 0 saturated carbocycles. The Bertz CT molecular complexity index is 519. The highest BCUT2D eigenvalue weighted by molar-refractivity contribution is 9.09. The van der Waals surface area contributed by atoms with Crippen LogP contribution in [0.5, 0.6) is 0 Å². The summed E-state index contributed by atoms with van der Waals surface area (Å²) in [6.45, 7) is 3.88. The van der Waals surface area contributed by atoms with E-state index in [1.807, 2.05) is 26.0 Å². The largest absolute Gasteiger partial charge is 0.466 e. The van der Waals surface area contributed by atoms with E-state index in [0.717, 1.165) is 29.1 Å². The molecule has 0 aliphatic carbocycles. The van der Waals surface area contributed by atoms with E-state index >= 15 is 0 Å². The summed E-state index contributed by atoms with van der Waals surface area (Å²) < 4.78 is 18.6. The summed E-state index contributed by atoms with van der Waals surface area (Å²) in [7, 11) is 0. The van der Waals surface area contributed by atoms with Crippen molar-refractivity contribution >= 4 is 15.9 Å². The molecule has 1 unspecified atom stereocenters. The Hall–Kier alpha value is -1.09. The van der Waals surface area contributed by atoms with Gasteiger partial charge in [0.15, 0.2) is 0 Å². The predicted molar refractivity (Wildman–Crippen MR) is 70.0 cm³/mol. The molecule has 1 nitrogen and oxygen atoms in total. The van der Waals surface area contributed by atoms with Gasteiger partial charge in [-0.1, -0.05) is 28.1 Å². The molecule has 17 heavy (non-hydrogen) atoms. The van der Waals surface area contributed by atoms with Gasteiger partial charge in [0.25, 0.3) is 0 Å². The first-order chi connectivity index (χ1) is 8.06. The van der Waals surface area contributed by atoms with Gasteiger partial charge in [0, 0.05) is 10.4 Å². The number of rotatable bonds is 3. The fourth-order valence-electron chi connectivity index (χ4n) is 1.94. The van der Waals surface area contributed by atoms with Crippen LogP contribution in [0, 0.1) is 19.7 Å². The lowest BCUT2D eigenvalue weighted by atomic mass is 10.0. The van der Waals surface area contributed by atoms with Gasteiger partial charge in [-0.3, -0.25) is 0 Å². The predicted octanol–water partition coefficient (Wildman–Crippen LogP) is 4.71. The highest BCUT2D eigenvalue weighted by atomic mass is 79.9. The highest BCUT2D eigenvalue weighted by Crippen LogP contribution is 2.31. The van der Waals surface area contributed by atoms with E-state index in [-0.39, 0.29) is 10.6 Å². The first kappa shape index (κ1) is 12.4. The van der Waals surface area contributed by atoms with E-state index in [0.29, 0.717) is 0 Å². The maximum atomic E-state index is 13.1. The van der Waals surface area contributed by atoms with Crippen LogP contribution in [0.25, 0.3) is 0 Å². The molecule has 3 heteroatoms. The van der Waals surface area contributed by atoms with Crippen molar-refractivity contribution in [2.45, 2.75) is 25.1 Å². The van der Waals surface area contributed by atoms with E-state index in [4.69, 9.17) is 4.42 Å². The molecular formula is C14H14BrFO. The third-order valence-electron chi connectivity index (χ3n) is 2.72. The van der Waals surface area contributed by atoms with Crippen LogP contribution in [0.4, 0.5) is 4.39 Å². The Morgan fingerprint density at radius 3 is 2.65 bits per heavy atom. The van der Waals surface area contributed by atoms with Crippen LogP contribution in [-0.2, 0) is 6.42 Å². The van der Waals surface area contributed by atoms with Crippen molar-refractivity contribution in [3.05, 3.63) is 58.8 Å². The standard InChI is InChI=1S/C14H14BrFO/c1-9-6-13(10(2)17-9)14(15)8-11-4-3-5-12(16)7-11/h3-7,14H,8H2,1-2H3. The number of hydrogen-bond acceptors (Lipinski definition) is 1. The SMILES string of the molecule is Cc1cc(C(Br)Cc2cccc(F)c2)c(C)o1. The summed E-state index contributed by atoms with van der Waals surface area (Å²) >= 11 is 3.63. The molecule has 90 valence electrons. The molecule has 0 spiro atoms. The van der Waals surface area contributed by atoms with Crippen molar-refractivity contribution in [3.63, 3.8) is 0 Å². The van der Waals surface area contributed by atoms with E-state index in [9.17, 15) is 4.39 Å². The Morgan fingerprint density at radius 2 is 2.06 bits per heavy atom. The van der Waals surface area contributed by atoms with E-state index in [1.54, 1.807) is 12.1 Å². The lowest BCUT2D eigenvalue weighted by molar-refractivity contribution is 0.501. The molecule has 1 aromatic carbocycles. The average Bonchev–Trinajstić information content (AvgIpc) is 2.58. The Labute approximate surface area is 109 Å². The topological polar surface area (TPSA) is 13.1 Å². The summed E-state index contributed by atoms with van der Waals surface area (Å²) in [6, 6.07) is 8.71. The zero-order valence-corrected chi connectivity index (χ0v) is 11.4. The summed E-state index contributed by atoms with van der Waals surface area (Å²) in [5.41, 5.74) is 2.11. The van der Waals surface area contributed by atoms with Crippen LogP contribution in [0.1, 0.15) is 27.5 Å². The van der Waals surface area contributed by atoms with E-state index in [1.165, 1.54) is 6.07 Å². The summed E-state index contributed by atoms with van der Waals surface area (Å²) in [6.07, 6.45) is 0.748. The second-order valence-corrected chi connectivity index (χ2v) is 5.28. The molecule has 1 atom stereocenters. The van der Waals surface area contributed by atoms with Crippen LogP contribution in [-0.4, -0.2) is 0 Å². The van der Waals surface area contributed by atoms with Crippen molar-refractivity contribution in [1.29, 1.82) is 0 Å². The lowest BCUT2D eigenvalue weighted by Gasteiger charge is -2.08. The minimum absolute atomic E-state index is 0.154. The van der Waals surface area contributed by atoms with Crippen molar-refractivity contribution in [3.8, 4) is 0 Å². The molecule has 0 bridgehead atoms. The van der Waals surface area contributed by atoms with Crippen LogP contribution >= 0.6 is 15.9 Å². The number of aryl methyl sites for hydroxylation is 2. The van der Waals surface area contributed by atoms with Crippen LogP contribution in [0.3, 0.4) is 0 Å². The molecular weight excluding hydrogens is 283 g/mol. The first-order valence-electron chi connectivity index (χ1n) is 5.51. The van der Waals surface area contributed by atoms with Crippen LogP contribution in [0.2, 0.25) is 0 Å². The Morgan fingerprint density at radius 1 is 1.29 bits per heavy atom. The van der Waals surface area contributed by atoms with Crippen molar-refractivity contribution in [2.24, 2.45) is 0 Å². The van der Waals surface area contributed by atoms with Gasteiger partial charge in [-0.05, 0) is 44.0 Å². The van der Waals surface area contributed by atoms with Gasteiger partial charge < -0.3 is 4.42 Å². The average molecular weight is 297 g/mol. The molecule has 0 amide bonds. The van der Waals surface area contributed by atoms with Gasteiger partial charge in [-0.2, -0.15) is 0 Å². The third-order valence-corrected chi connectivity index (χ3v) is 3.54. The Balaban J connectivity index is 2.16. The van der Waals surface area contributed by atoms with Gasteiger partial charge in [0.05, 0.1) is 0 Å². The Kier molecular flexibility index (Phi) is 3.67. The molecule has 2 rings (SSSR count). The van der Waals surface area contributed by atoms with Crippen LogP contribution in [0.15, 0.2) is 34.7 Å². The second kappa shape index (κ2) is 5.05. The number of alkyl halides is 1. The second-order valence-electron chi connectivity index (χ2n) is 4.17. The maximum Gasteiger partial charge on any atom is 0.123 e. The highest BCUT2D eigenvalue weighted by Gasteiger charge is 2.14. The van der Waals surface area contributed by atoms with Crippen molar-refractivity contribution < 1.29 is 8.81 Å². The summed E-state index contributed by atoms with van der Waals surface area (Å²) in [4.78, 5) is 0.154. The first-order valence-corrected chi connectivity index (χ1v) is 6.43. The quantitative estimate of drug-likeness (QED) is 0.747. The number of halogens is 2. The van der Waals surface area contributed by atoms with E-state index in [2.05, 4.69) is 15.9 Å². The fraction of sp³-hybridized carbons (Fsp3) is 0.286. The van der Waals surface area contributed by atoms with Gasteiger partial charge in [0.1, 0.15) is 17.3 Å². The van der Waals surface area contributed by atoms with Crippen molar-refractivity contribution in [2.75, 3.05) is 0 Å². The molecule has 1 aromatic heterocycles. The smallest absolute Gasteiger partial charge is 0.123 e. The molecule has 0 saturated heterocycles. The molecule has 0 fully saturated rings. The molecule has 2 aromatic rings. The maximum absolute atomic E-state index is 13.1. The number of hydrogen-bond donors (Lipinski definition) is 0. The minimum atomic E-state index is -0.192. The molecule has 0 aliphatic rings. The number of benzene rings is 1. The van der Waals surface area contributed by atoms with E-state index < -0.39 is 0 Å². The third kappa shape index (κ3) is 2.97. The fourth-order valence-corrected chi connectivity index (χ4v) is 2.77. The summed E-state index contributed by atoms with van der Waals surface area (Å²) in [5.74, 6) is 1.63. The normalized spacial score (nSPS) is 12.7. The molecule has 0 radical (unpaired) electrons. The monoisotopic (exact) mass is 296 g/mol. The summed E-state index contributed by atoms with van der Waals surface area (Å²) in [5, 5.41) is 0. The minimum Gasteiger partial charge on any atom is -0.466 e. The number of furan rings is 1. The molecule has 0 aliphatic heterocycles. The zero-order valence-electron chi connectivity index (χ0n) is 9.84. The van der Waals surface area contributed by atoms with Gasteiger partial charge in [0.2, 0.25) is 0 Å². The van der Waals surface area contributed by atoms with Crippen molar-refractivity contribution in [1.82, 2.24) is 0 Å². The molecule has 1 heterocycles.